The van der Waals surface area contributed by atoms with Gasteiger partial charge < -0.3 is 4.74 Å². The van der Waals surface area contributed by atoms with E-state index in [0.717, 1.165) is 12.1 Å². The maximum atomic E-state index is 13.0. The van der Waals surface area contributed by atoms with Crippen molar-refractivity contribution in [3.8, 4) is 0 Å². The number of hydrogen-bond donors (Lipinski definition) is 1. The molecule has 0 saturated heterocycles. The van der Waals surface area contributed by atoms with E-state index < -0.39 is 40.7 Å². The standard InChI is InChI=1S/C21H11Cl3F6N2O2/c22-12-4-5-14(15(23)8-12)18(17-16(24)7-11(9-31-17)21(28,29)30)34-19(33)32-13-3-1-2-10(6-13)20(25,26)27/h1-9,18H,(H,32,33). The normalized spacial score (nSPS) is 12.9. The third-order valence-electron chi connectivity index (χ3n) is 4.35. The maximum Gasteiger partial charge on any atom is 0.417 e. The summed E-state index contributed by atoms with van der Waals surface area (Å²) in [5, 5.41) is 1.83. The van der Waals surface area contributed by atoms with Gasteiger partial charge in [0.1, 0.15) is 5.69 Å². The van der Waals surface area contributed by atoms with E-state index in [0.29, 0.717) is 18.3 Å². The topological polar surface area (TPSA) is 51.2 Å². The molecule has 3 aromatic rings. The molecule has 2 aromatic carbocycles. The number of carbonyl (C=O) groups excluding carboxylic acids is 1. The van der Waals surface area contributed by atoms with E-state index in [2.05, 4.69) is 10.3 Å². The molecule has 34 heavy (non-hydrogen) atoms. The van der Waals surface area contributed by atoms with Gasteiger partial charge in [0.25, 0.3) is 0 Å². The van der Waals surface area contributed by atoms with Crippen LogP contribution in [0.25, 0.3) is 0 Å². The molecule has 1 heterocycles. The lowest BCUT2D eigenvalue weighted by molar-refractivity contribution is -0.138. The molecule has 0 saturated carbocycles. The molecule has 4 nitrogen and oxygen atoms in total. The van der Waals surface area contributed by atoms with Crippen LogP contribution in [0.5, 0.6) is 0 Å². The van der Waals surface area contributed by atoms with Gasteiger partial charge in [0.2, 0.25) is 0 Å². The zero-order valence-electron chi connectivity index (χ0n) is 16.4. The summed E-state index contributed by atoms with van der Waals surface area (Å²) in [4.78, 5) is 16.2. The lowest BCUT2D eigenvalue weighted by atomic mass is 10.0. The van der Waals surface area contributed by atoms with E-state index >= 15 is 0 Å². The average Bonchev–Trinajstić information content (AvgIpc) is 2.71. The van der Waals surface area contributed by atoms with E-state index in [1.165, 1.54) is 24.3 Å². The number of ether oxygens (including phenoxy) is 1. The molecule has 0 aliphatic carbocycles. The minimum absolute atomic E-state index is 0.0258. The second-order valence-corrected chi connectivity index (χ2v) is 7.99. The number of benzene rings is 2. The molecular formula is C21H11Cl3F6N2O2. The molecule has 0 spiro atoms. The molecule has 0 radical (unpaired) electrons. The Morgan fingerprint density at radius 1 is 0.882 bits per heavy atom. The first-order valence-corrected chi connectivity index (χ1v) is 10.2. The Hall–Kier alpha value is -2.69. The molecule has 0 aliphatic rings. The van der Waals surface area contributed by atoms with E-state index in [4.69, 9.17) is 39.5 Å². The highest BCUT2D eigenvalue weighted by atomic mass is 35.5. The maximum absolute atomic E-state index is 13.0. The van der Waals surface area contributed by atoms with Gasteiger partial charge >= 0.3 is 18.4 Å². The molecule has 1 amide bonds. The van der Waals surface area contributed by atoms with Crippen molar-refractivity contribution in [3.05, 3.63) is 92.2 Å². The molecule has 1 atom stereocenters. The van der Waals surface area contributed by atoms with Crippen molar-refractivity contribution in [2.24, 2.45) is 0 Å². The quantitative estimate of drug-likeness (QED) is 0.336. The molecule has 0 fully saturated rings. The van der Waals surface area contributed by atoms with Crippen molar-refractivity contribution < 1.29 is 35.9 Å². The van der Waals surface area contributed by atoms with Crippen molar-refractivity contribution in [2.45, 2.75) is 18.5 Å². The number of hydrogen-bond acceptors (Lipinski definition) is 3. The van der Waals surface area contributed by atoms with Crippen LogP contribution in [0.4, 0.5) is 36.8 Å². The van der Waals surface area contributed by atoms with Gasteiger partial charge in [-0.25, -0.2) is 4.79 Å². The Morgan fingerprint density at radius 2 is 1.56 bits per heavy atom. The Morgan fingerprint density at radius 3 is 2.15 bits per heavy atom. The summed E-state index contributed by atoms with van der Waals surface area (Å²) in [6.45, 7) is 0. The van der Waals surface area contributed by atoms with Crippen LogP contribution in [0, 0.1) is 0 Å². The molecular weight excluding hydrogens is 533 g/mol. The number of amides is 1. The number of pyridine rings is 1. The van der Waals surface area contributed by atoms with Crippen LogP contribution in [0.1, 0.15) is 28.5 Å². The minimum atomic E-state index is -4.73. The Balaban J connectivity index is 1.96. The lowest BCUT2D eigenvalue weighted by Gasteiger charge is -2.21. The first kappa shape index (κ1) is 25.9. The number of nitrogens with zero attached hydrogens (tertiary/aromatic N) is 1. The molecule has 0 aliphatic heterocycles. The number of carbonyl (C=O) groups is 1. The largest absolute Gasteiger partial charge is 0.434 e. The molecule has 0 bridgehead atoms. The lowest BCUT2D eigenvalue weighted by Crippen LogP contribution is -2.20. The molecule has 1 unspecified atom stereocenters. The number of anilines is 1. The fourth-order valence-corrected chi connectivity index (χ4v) is 3.58. The van der Waals surface area contributed by atoms with E-state index in [1.807, 2.05) is 0 Å². The van der Waals surface area contributed by atoms with Crippen LogP contribution >= 0.6 is 34.8 Å². The van der Waals surface area contributed by atoms with Gasteiger partial charge in [-0.2, -0.15) is 26.3 Å². The zero-order chi connectivity index (χ0) is 25.3. The Bertz CT molecular complexity index is 1220. The Labute approximate surface area is 203 Å². The van der Waals surface area contributed by atoms with Crippen LogP contribution in [0.3, 0.4) is 0 Å². The summed E-state index contributed by atoms with van der Waals surface area (Å²) in [6, 6.07) is 8.33. The van der Waals surface area contributed by atoms with E-state index in [1.54, 1.807) is 0 Å². The Kier molecular flexibility index (Phi) is 7.54. The molecule has 1 N–H and O–H groups in total. The van der Waals surface area contributed by atoms with Crippen molar-refractivity contribution in [1.82, 2.24) is 4.98 Å². The molecule has 13 heteroatoms. The smallest absolute Gasteiger partial charge is 0.417 e. The number of nitrogens with one attached hydrogen (secondary N) is 1. The van der Waals surface area contributed by atoms with Crippen LogP contribution in [-0.2, 0) is 17.1 Å². The fourth-order valence-electron chi connectivity index (χ4n) is 2.80. The summed E-state index contributed by atoms with van der Waals surface area (Å²) in [5.41, 5.74) is -2.63. The second kappa shape index (κ2) is 9.89. The summed E-state index contributed by atoms with van der Waals surface area (Å²) in [7, 11) is 0. The predicted octanol–water partition coefficient (Wildman–Crippen LogP) is 8.42. The van der Waals surface area contributed by atoms with Crippen molar-refractivity contribution in [1.29, 1.82) is 0 Å². The highest BCUT2D eigenvalue weighted by Gasteiger charge is 2.34. The monoisotopic (exact) mass is 542 g/mol. The third-order valence-corrected chi connectivity index (χ3v) is 5.22. The minimum Gasteiger partial charge on any atom is -0.434 e. The number of aromatic nitrogens is 1. The molecule has 180 valence electrons. The van der Waals surface area contributed by atoms with Gasteiger partial charge in [0, 0.05) is 27.5 Å². The molecule has 3 rings (SSSR count). The zero-order valence-corrected chi connectivity index (χ0v) is 18.7. The van der Waals surface area contributed by atoms with Crippen LogP contribution in [-0.4, -0.2) is 11.1 Å². The van der Waals surface area contributed by atoms with Crippen LogP contribution in [0.2, 0.25) is 15.1 Å². The van der Waals surface area contributed by atoms with Crippen molar-refractivity contribution in [3.63, 3.8) is 0 Å². The summed E-state index contributed by atoms with van der Waals surface area (Å²) in [6.07, 6.45) is -11.7. The fraction of sp³-hybridized carbons (Fsp3) is 0.143. The highest BCUT2D eigenvalue weighted by Crippen LogP contribution is 2.38. The van der Waals surface area contributed by atoms with Crippen LogP contribution < -0.4 is 5.32 Å². The predicted molar refractivity (Wildman–Crippen MR) is 114 cm³/mol. The van der Waals surface area contributed by atoms with Crippen LogP contribution in [0.15, 0.2) is 54.7 Å². The number of halogens is 9. The highest BCUT2D eigenvalue weighted by molar-refractivity contribution is 6.35. The number of alkyl halides is 6. The first-order valence-electron chi connectivity index (χ1n) is 9.08. The third kappa shape index (κ3) is 6.25. The molecule has 1 aromatic heterocycles. The van der Waals surface area contributed by atoms with Gasteiger partial charge in [-0.1, -0.05) is 46.9 Å². The van der Waals surface area contributed by atoms with Gasteiger partial charge in [-0.15, -0.1) is 0 Å². The number of rotatable bonds is 4. The van der Waals surface area contributed by atoms with Crippen molar-refractivity contribution in [2.75, 3.05) is 5.32 Å². The van der Waals surface area contributed by atoms with Gasteiger partial charge in [0.15, 0.2) is 6.10 Å². The van der Waals surface area contributed by atoms with E-state index in [-0.39, 0.29) is 27.0 Å². The SMILES string of the molecule is O=C(Nc1cccc(C(F)(F)F)c1)OC(c1ccc(Cl)cc1Cl)c1ncc(C(F)(F)F)cc1Cl. The first-order chi connectivity index (χ1) is 15.8. The van der Waals surface area contributed by atoms with E-state index in [9.17, 15) is 31.1 Å². The van der Waals surface area contributed by atoms with Crippen molar-refractivity contribution >= 4 is 46.6 Å². The average molecular weight is 544 g/mol. The summed E-state index contributed by atoms with van der Waals surface area (Å²) >= 11 is 18.1. The van der Waals surface area contributed by atoms with Gasteiger partial charge in [-0.05, 0) is 36.4 Å². The summed E-state index contributed by atoms with van der Waals surface area (Å²) < 4.78 is 83.0. The summed E-state index contributed by atoms with van der Waals surface area (Å²) in [5.74, 6) is 0. The van der Waals surface area contributed by atoms with Gasteiger partial charge in [-0.3, -0.25) is 10.3 Å². The second-order valence-electron chi connectivity index (χ2n) is 6.74. The van der Waals surface area contributed by atoms with Gasteiger partial charge in [0.05, 0.1) is 16.1 Å².